The smallest absolute Gasteiger partial charge is 0.225 e. The Balaban J connectivity index is 2.08. The van der Waals surface area contributed by atoms with Crippen LogP contribution in [0.5, 0.6) is 0 Å². The number of furan rings is 2. The van der Waals surface area contributed by atoms with Gasteiger partial charge in [-0.3, -0.25) is 0 Å². The van der Waals surface area contributed by atoms with Gasteiger partial charge in [0.25, 0.3) is 0 Å². The average molecular weight is 362 g/mol. The molecule has 3 nitrogen and oxygen atoms in total. The Hall–Kier alpha value is -3.59. The lowest BCUT2D eigenvalue weighted by atomic mass is 9.94. The van der Waals surface area contributed by atoms with Gasteiger partial charge in [-0.15, -0.1) is 0 Å². The van der Waals surface area contributed by atoms with Gasteiger partial charge in [0.1, 0.15) is 34.8 Å². The molecule has 0 bridgehead atoms. The van der Waals surface area contributed by atoms with E-state index in [0.29, 0.717) is 0 Å². The maximum Gasteiger partial charge on any atom is 0.225 e. The molecule has 0 saturated heterocycles. The van der Waals surface area contributed by atoms with Crippen molar-refractivity contribution in [2.24, 2.45) is 7.05 Å². The topological polar surface area (TPSA) is 30.2 Å². The molecule has 7 aromatic rings. The molecule has 3 heteroatoms. The van der Waals surface area contributed by atoms with Crippen molar-refractivity contribution in [2.75, 3.05) is 0 Å². The molecule has 4 aromatic carbocycles. The van der Waals surface area contributed by atoms with Gasteiger partial charge >= 0.3 is 0 Å². The van der Waals surface area contributed by atoms with Crippen molar-refractivity contribution in [3.8, 4) is 0 Å². The SMILES string of the molecule is Cc1ccc2oc3cccc4c5cccc6oc7cc[n+](C)c(c1c2c34)c7c65. The summed E-state index contributed by atoms with van der Waals surface area (Å²) < 4.78 is 14.8. The molecule has 28 heavy (non-hydrogen) atoms. The number of nitrogens with zero attached hydrogens (tertiary/aromatic N) is 1. The van der Waals surface area contributed by atoms with Crippen molar-refractivity contribution >= 4 is 65.6 Å². The van der Waals surface area contributed by atoms with E-state index in [0.717, 1.165) is 22.3 Å². The zero-order valence-corrected chi connectivity index (χ0v) is 15.5. The lowest BCUT2D eigenvalue weighted by molar-refractivity contribution is -0.643. The highest BCUT2D eigenvalue weighted by molar-refractivity contribution is 6.35. The molecule has 7 rings (SSSR count). The fourth-order valence-corrected chi connectivity index (χ4v) is 5.02. The van der Waals surface area contributed by atoms with Crippen LogP contribution in [0, 0.1) is 6.92 Å². The third kappa shape index (κ3) is 1.51. The van der Waals surface area contributed by atoms with Crippen LogP contribution in [0.25, 0.3) is 65.6 Å². The molecule has 0 radical (unpaired) electrons. The predicted octanol–water partition coefficient (Wildman–Crippen LogP) is 6.36. The van der Waals surface area contributed by atoms with Crippen molar-refractivity contribution in [1.82, 2.24) is 0 Å². The molecule has 0 fully saturated rings. The third-order valence-corrected chi connectivity index (χ3v) is 6.18. The van der Waals surface area contributed by atoms with E-state index in [-0.39, 0.29) is 0 Å². The monoisotopic (exact) mass is 362 g/mol. The van der Waals surface area contributed by atoms with Crippen LogP contribution in [-0.4, -0.2) is 0 Å². The molecule has 0 aliphatic carbocycles. The molecule has 3 aromatic heterocycles. The van der Waals surface area contributed by atoms with Crippen LogP contribution in [0.3, 0.4) is 0 Å². The first-order valence-corrected chi connectivity index (χ1v) is 9.52. The number of hydrogen-bond donors (Lipinski definition) is 0. The molecule has 0 atom stereocenters. The van der Waals surface area contributed by atoms with E-state index in [1.165, 1.54) is 48.8 Å². The molecule has 0 unspecified atom stereocenters. The maximum atomic E-state index is 6.29. The zero-order valence-electron chi connectivity index (χ0n) is 15.5. The second kappa shape index (κ2) is 4.63. The summed E-state index contributed by atoms with van der Waals surface area (Å²) in [7, 11) is 2.11. The minimum absolute atomic E-state index is 0.922. The zero-order chi connectivity index (χ0) is 18.6. The van der Waals surface area contributed by atoms with Gasteiger partial charge in [-0.05, 0) is 41.5 Å². The van der Waals surface area contributed by atoms with E-state index in [2.05, 4.69) is 79.3 Å². The second-order valence-corrected chi connectivity index (χ2v) is 7.71. The van der Waals surface area contributed by atoms with Crippen LogP contribution in [0.1, 0.15) is 5.56 Å². The molecule has 132 valence electrons. The highest BCUT2D eigenvalue weighted by atomic mass is 16.3. The van der Waals surface area contributed by atoms with Gasteiger partial charge in [0.2, 0.25) is 5.52 Å². The molecule has 0 saturated carbocycles. The summed E-state index contributed by atoms with van der Waals surface area (Å²) >= 11 is 0. The molecule has 0 spiro atoms. The number of rotatable bonds is 0. The lowest BCUT2D eigenvalue weighted by Crippen LogP contribution is -2.28. The number of benzene rings is 3. The molecule has 0 amide bonds. The van der Waals surface area contributed by atoms with Crippen LogP contribution < -0.4 is 4.57 Å². The van der Waals surface area contributed by atoms with Gasteiger partial charge in [-0.1, -0.05) is 30.3 Å². The number of hydrogen-bond acceptors (Lipinski definition) is 2. The average Bonchev–Trinajstić information content (AvgIpc) is 3.25. The summed E-state index contributed by atoms with van der Waals surface area (Å²) in [5.41, 5.74) is 6.13. The molecule has 0 aliphatic rings. The first kappa shape index (κ1) is 14.5. The van der Waals surface area contributed by atoms with E-state index < -0.39 is 0 Å². The Morgan fingerprint density at radius 3 is 1.93 bits per heavy atom. The normalized spacial score (nSPS) is 12.6. The lowest BCUT2D eigenvalue weighted by Gasteiger charge is -2.06. The van der Waals surface area contributed by atoms with E-state index in [1.807, 2.05) is 0 Å². The van der Waals surface area contributed by atoms with Crippen molar-refractivity contribution in [3.05, 3.63) is 66.4 Å². The Bertz CT molecular complexity index is 1600. The number of aryl methyl sites for hydroxylation is 2. The summed E-state index contributed by atoms with van der Waals surface area (Å²) in [5.74, 6) is 0. The van der Waals surface area contributed by atoms with Gasteiger partial charge in [0, 0.05) is 22.2 Å². The highest BCUT2D eigenvalue weighted by Crippen LogP contribution is 2.44. The van der Waals surface area contributed by atoms with Crippen molar-refractivity contribution in [1.29, 1.82) is 0 Å². The Labute approximate surface area is 159 Å². The van der Waals surface area contributed by atoms with Crippen LogP contribution in [-0.2, 0) is 7.05 Å². The first-order chi connectivity index (χ1) is 13.7. The minimum atomic E-state index is 0.922. The van der Waals surface area contributed by atoms with E-state index in [9.17, 15) is 0 Å². The fraction of sp³-hybridized carbons (Fsp3) is 0.0800. The summed E-state index contributed by atoms with van der Waals surface area (Å²) in [6, 6.07) is 19.0. The van der Waals surface area contributed by atoms with E-state index in [4.69, 9.17) is 8.83 Å². The number of pyridine rings is 1. The standard InChI is InChI=1S/C25H16NO2/c1-13-9-10-18-23-20(13)25-24-19(11-12-26(25)2)28-17-8-4-6-15(22(17)24)14-5-3-7-16(27-18)21(14)23/h3-12H,1-2H3/q+1. The van der Waals surface area contributed by atoms with Crippen LogP contribution >= 0.6 is 0 Å². The first-order valence-electron chi connectivity index (χ1n) is 9.52. The molecular weight excluding hydrogens is 346 g/mol. The highest BCUT2D eigenvalue weighted by Gasteiger charge is 2.24. The molecular formula is C25H16NO2+. The summed E-state index contributed by atoms with van der Waals surface area (Å²) in [5, 5.41) is 8.37. The van der Waals surface area contributed by atoms with Crippen LogP contribution in [0.4, 0.5) is 0 Å². The fourth-order valence-electron chi connectivity index (χ4n) is 5.02. The molecule has 0 aliphatic heterocycles. The summed E-state index contributed by atoms with van der Waals surface area (Å²) in [4.78, 5) is 0. The van der Waals surface area contributed by atoms with Crippen molar-refractivity contribution < 1.29 is 13.4 Å². The Kier molecular flexibility index (Phi) is 2.39. The Morgan fingerprint density at radius 2 is 1.21 bits per heavy atom. The number of aromatic nitrogens is 1. The molecule has 0 N–H and O–H groups in total. The quantitative estimate of drug-likeness (QED) is 0.294. The third-order valence-electron chi connectivity index (χ3n) is 6.18. The predicted molar refractivity (Wildman–Crippen MR) is 113 cm³/mol. The van der Waals surface area contributed by atoms with Gasteiger partial charge in [0.05, 0.1) is 5.39 Å². The maximum absolute atomic E-state index is 6.29. The largest absolute Gasteiger partial charge is 0.456 e. The van der Waals surface area contributed by atoms with Crippen molar-refractivity contribution in [3.63, 3.8) is 0 Å². The van der Waals surface area contributed by atoms with Crippen LogP contribution in [0.2, 0.25) is 0 Å². The van der Waals surface area contributed by atoms with Gasteiger partial charge in [-0.25, -0.2) is 4.57 Å². The second-order valence-electron chi connectivity index (χ2n) is 7.71. The van der Waals surface area contributed by atoms with Crippen LogP contribution in [0.15, 0.2) is 69.6 Å². The number of fused-ring (bicyclic) bond motifs is 2. The van der Waals surface area contributed by atoms with Crippen molar-refractivity contribution in [2.45, 2.75) is 6.92 Å². The Morgan fingerprint density at radius 1 is 0.607 bits per heavy atom. The summed E-state index contributed by atoms with van der Waals surface area (Å²) in [6.45, 7) is 2.18. The summed E-state index contributed by atoms with van der Waals surface area (Å²) in [6.07, 6.45) is 2.09. The van der Waals surface area contributed by atoms with E-state index in [1.54, 1.807) is 0 Å². The minimum Gasteiger partial charge on any atom is -0.456 e. The van der Waals surface area contributed by atoms with Gasteiger partial charge < -0.3 is 8.83 Å². The van der Waals surface area contributed by atoms with Gasteiger partial charge in [-0.2, -0.15) is 0 Å². The van der Waals surface area contributed by atoms with E-state index >= 15 is 0 Å². The van der Waals surface area contributed by atoms with Gasteiger partial charge in [0.15, 0.2) is 6.20 Å². The molecule has 3 heterocycles.